The van der Waals surface area contributed by atoms with Gasteiger partial charge in [0.15, 0.2) is 16.9 Å². The van der Waals surface area contributed by atoms with Gasteiger partial charge in [0.05, 0.1) is 14.2 Å². The second kappa shape index (κ2) is 7.09. The van der Waals surface area contributed by atoms with Crippen molar-refractivity contribution in [3.8, 4) is 11.5 Å². The Morgan fingerprint density at radius 3 is 2.11 bits per heavy atom. The van der Waals surface area contributed by atoms with E-state index in [2.05, 4.69) is 15.9 Å². The summed E-state index contributed by atoms with van der Waals surface area (Å²) in [6, 6.07) is 2.63. The first-order valence-electron chi connectivity index (χ1n) is 4.35. The molecular weight excluding hydrogens is 339 g/mol. The summed E-state index contributed by atoms with van der Waals surface area (Å²) in [4.78, 5) is 0. The van der Waals surface area contributed by atoms with E-state index in [4.69, 9.17) is 9.47 Å². The summed E-state index contributed by atoms with van der Waals surface area (Å²) >= 11 is 3.05. The van der Waals surface area contributed by atoms with Crippen LogP contribution in [-0.4, -0.2) is 32.3 Å². The number of aliphatic hydroxyl groups is 1. The van der Waals surface area contributed by atoms with Gasteiger partial charge in [-0.1, -0.05) is 15.9 Å². The van der Waals surface area contributed by atoms with Gasteiger partial charge in [0, 0.05) is 10.0 Å². The van der Waals surface area contributed by atoms with Gasteiger partial charge in [-0.25, -0.2) is 8.42 Å². The van der Waals surface area contributed by atoms with E-state index >= 15 is 0 Å². The molecule has 0 fully saturated rings. The van der Waals surface area contributed by atoms with Gasteiger partial charge >= 0.3 is 29.6 Å². The summed E-state index contributed by atoms with van der Waals surface area (Å²) < 4.78 is 42.4. The van der Waals surface area contributed by atoms with Crippen molar-refractivity contribution in [3.05, 3.63) is 22.2 Å². The molecule has 0 aliphatic carbocycles. The molecule has 1 unspecified atom stereocenters. The van der Waals surface area contributed by atoms with Crippen LogP contribution in [0.25, 0.3) is 0 Å². The molecule has 0 amide bonds. The maximum absolute atomic E-state index is 10.7. The molecule has 96 valence electrons. The van der Waals surface area contributed by atoms with Crippen molar-refractivity contribution in [2.45, 2.75) is 5.44 Å². The second-order valence-electron chi connectivity index (χ2n) is 3.07. The number of benzene rings is 1. The van der Waals surface area contributed by atoms with Gasteiger partial charge in [-0.3, -0.25) is 0 Å². The minimum absolute atomic E-state index is 0. The maximum Gasteiger partial charge on any atom is 1.00 e. The van der Waals surface area contributed by atoms with E-state index in [9.17, 15) is 18.1 Å². The third-order valence-electron chi connectivity index (χ3n) is 2.04. The summed E-state index contributed by atoms with van der Waals surface area (Å²) in [5.41, 5.74) is -2.26. The Morgan fingerprint density at radius 2 is 1.72 bits per heavy atom. The summed E-state index contributed by atoms with van der Waals surface area (Å²) in [5.74, 6) is 0.562. The minimum atomic E-state index is -4.84. The number of ether oxygens (including phenoxy) is 2. The van der Waals surface area contributed by atoms with Crippen LogP contribution >= 0.6 is 15.9 Å². The Kier molecular flexibility index (Phi) is 7.15. The zero-order valence-corrected chi connectivity index (χ0v) is 14.4. The Hall–Kier alpha value is 0.170. The van der Waals surface area contributed by atoms with Gasteiger partial charge in [-0.15, -0.1) is 0 Å². The Balaban J connectivity index is 0.00000289. The van der Waals surface area contributed by atoms with Gasteiger partial charge in [0.1, 0.15) is 10.1 Å². The first-order valence-corrected chi connectivity index (χ1v) is 6.62. The van der Waals surface area contributed by atoms with Crippen molar-refractivity contribution in [1.29, 1.82) is 0 Å². The zero-order valence-electron chi connectivity index (χ0n) is 10.0. The molecule has 1 N–H and O–H groups in total. The van der Waals surface area contributed by atoms with E-state index in [-0.39, 0.29) is 45.3 Å². The fraction of sp³-hybridized carbons (Fsp3) is 0.333. The molecule has 1 aromatic rings. The number of halogens is 1. The van der Waals surface area contributed by atoms with E-state index in [0.717, 1.165) is 0 Å². The van der Waals surface area contributed by atoms with Crippen molar-refractivity contribution >= 4 is 26.0 Å². The van der Waals surface area contributed by atoms with Crippen molar-refractivity contribution in [2.24, 2.45) is 0 Å². The van der Waals surface area contributed by atoms with Crippen molar-refractivity contribution < 1.29 is 57.1 Å². The van der Waals surface area contributed by atoms with Gasteiger partial charge in [-0.05, 0) is 12.1 Å². The molecule has 1 aromatic carbocycles. The monoisotopic (exact) mass is 348 g/mol. The van der Waals surface area contributed by atoms with Gasteiger partial charge < -0.3 is 19.1 Å². The molecular formula is C9H10BrNaO6S. The van der Waals surface area contributed by atoms with E-state index in [1.807, 2.05) is 0 Å². The molecule has 0 aliphatic heterocycles. The first-order chi connectivity index (χ1) is 7.81. The average molecular weight is 349 g/mol. The van der Waals surface area contributed by atoms with Gasteiger partial charge in [0.25, 0.3) is 0 Å². The van der Waals surface area contributed by atoms with Crippen LogP contribution < -0.4 is 39.0 Å². The van der Waals surface area contributed by atoms with E-state index in [1.165, 1.54) is 26.4 Å². The van der Waals surface area contributed by atoms with Crippen molar-refractivity contribution in [3.63, 3.8) is 0 Å². The standard InChI is InChI=1S/C9H11BrO6S.Na/c1-15-7-3-5(9(11)17(12,13)14)6(10)4-8(7)16-2;/h3-4,9,11H,1-2H3,(H,12,13,14);/q;+1/p-1. The Morgan fingerprint density at radius 1 is 1.28 bits per heavy atom. The smallest absolute Gasteiger partial charge is 0.746 e. The zero-order chi connectivity index (χ0) is 13.2. The molecule has 0 radical (unpaired) electrons. The van der Waals surface area contributed by atoms with Crippen LogP contribution in [0, 0.1) is 0 Å². The van der Waals surface area contributed by atoms with E-state index in [1.54, 1.807) is 0 Å². The van der Waals surface area contributed by atoms with Crippen molar-refractivity contribution in [2.75, 3.05) is 14.2 Å². The van der Waals surface area contributed by atoms with Gasteiger partial charge in [0.2, 0.25) is 0 Å². The van der Waals surface area contributed by atoms with Crippen molar-refractivity contribution in [1.82, 2.24) is 0 Å². The summed E-state index contributed by atoms with van der Waals surface area (Å²) in [6.07, 6.45) is 0. The van der Waals surface area contributed by atoms with Crippen LogP contribution in [0.5, 0.6) is 11.5 Å². The molecule has 0 spiro atoms. The molecule has 6 nitrogen and oxygen atoms in total. The van der Waals surface area contributed by atoms with E-state index in [0.29, 0.717) is 5.75 Å². The Bertz CT molecular complexity index is 518. The number of hydrogen-bond donors (Lipinski definition) is 1. The quantitative estimate of drug-likeness (QED) is 0.499. The van der Waals surface area contributed by atoms with Crippen LogP contribution in [0.1, 0.15) is 11.0 Å². The molecule has 0 saturated heterocycles. The Labute approximate surface area is 135 Å². The predicted molar refractivity (Wildman–Crippen MR) is 61.9 cm³/mol. The largest absolute Gasteiger partial charge is 1.00 e. The molecule has 0 aliphatic rings. The number of hydrogen-bond acceptors (Lipinski definition) is 6. The van der Waals surface area contributed by atoms with E-state index < -0.39 is 15.6 Å². The van der Waals surface area contributed by atoms with Crippen LogP contribution in [0.2, 0.25) is 0 Å². The number of rotatable bonds is 4. The topological polar surface area (TPSA) is 95.9 Å². The third-order valence-corrected chi connectivity index (χ3v) is 3.53. The van der Waals surface area contributed by atoms with Gasteiger partial charge in [-0.2, -0.15) is 0 Å². The van der Waals surface area contributed by atoms with Crippen LogP contribution in [0.15, 0.2) is 16.6 Å². The fourth-order valence-corrected chi connectivity index (χ4v) is 2.41. The SMILES string of the molecule is COc1cc(Br)c(C(O)S(=O)(=O)[O-])cc1OC.[Na+]. The molecule has 9 heteroatoms. The third kappa shape index (κ3) is 4.09. The average Bonchev–Trinajstić information content (AvgIpc) is 2.26. The summed E-state index contributed by atoms with van der Waals surface area (Å²) in [5, 5.41) is 9.39. The fourth-order valence-electron chi connectivity index (χ4n) is 1.21. The molecule has 0 bridgehead atoms. The van der Waals surface area contributed by atoms with Crippen LogP contribution in [0.3, 0.4) is 0 Å². The normalized spacial score (nSPS) is 12.5. The molecule has 0 saturated carbocycles. The summed E-state index contributed by atoms with van der Waals surface area (Å²) in [7, 11) is -2.08. The van der Waals surface area contributed by atoms with Crippen LogP contribution in [-0.2, 0) is 10.1 Å². The molecule has 18 heavy (non-hydrogen) atoms. The molecule has 1 rings (SSSR count). The summed E-state index contributed by atoms with van der Waals surface area (Å²) in [6.45, 7) is 0. The minimum Gasteiger partial charge on any atom is -0.746 e. The number of methoxy groups -OCH3 is 2. The molecule has 0 aromatic heterocycles. The number of aliphatic hydroxyl groups excluding tert-OH is 1. The van der Waals surface area contributed by atoms with Crippen LogP contribution in [0.4, 0.5) is 0 Å². The second-order valence-corrected chi connectivity index (χ2v) is 5.36. The maximum atomic E-state index is 10.7. The predicted octanol–water partition coefficient (Wildman–Crippen LogP) is -1.99. The molecule has 1 atom stereocenters. The molecule has 0 heterocycles. The first kappa shape index (κ1) is 18.2.